The van der Waals surface area contributed by atoms with Crippen LogP contribution in [0.25, 0.3) is 0 Å². The zero-order valence-electron chi connectivity index (χ0n) is 11.1. The molecule has 1 atom stereocenters. The van der Waals surface area contributed by atoms with Crippen molar-refractivity contribution in [2.75, 3.05) is 26.3 Å². The summed E-state index contributed by atoms with van der Waals surface area (Å²) in [5, 5.41) is 2.87. The summed E-state index contributed by atoms with van der Waals surface area (Å²) in [6.45, 7) is 5.27. The van der Waals surface area contributed by atoms with Crippen LogP contribution in [0.3, 0.4) is 0 Å². The van der Waals surface area contributed by atoms with E-state index in [9.17, 15) is 4.79 Å². The van der Waals surface area contributed by atoms with Gasteiger partial charge in [0.15, 0.2) is 0 Å². The fraction of sp³-hybridized carbons (Fsp3) is 0.500. The standard InChI is InChI=1S/C14H19BrN2O2/c1-2-16-14(18)13-10-19-8-7-17(13)9-11-5-3-4-6-12(11)15/h3-6,13H,2,7-10H2,1H3,(H,16,18). The third-order valence-electron chi connectivity index (χ3n) is 3.22. The summed E-state index contributed by atoms with van der Waals surface area (Å²) in [7, 11) is 0. The normalized spacial score (nSPS) is 20.2. The number of likely N-dealkylation sites (N-methyl/N-ethyl adjacent to an activating group) is 1. The van der Waals surface area contributed by atoms with Crippen LogP contribution in [-0.4, -0.2) is 43.2 Å². The number of benzene rings is 1. The smallest absolute Gasteiger partial charge is 0.239 e. The van der Waals surface area contributed by atoms with Gasteiger partial charge >= 0.3 is 0 Å². The number of rotatable bonds is 4. The predicted octanol–water partition coefficient (Wildman–Crippen LogP) is 1.79. The van der Waals surface area contributed by atoms with E-state index >= 15 is 0 Å². The number of nitrogens with zero attached hydrogens (tertiary/aromatic N) is 1. The Morgan fingerprint density at radius 3 is 3.05 bits per heavy atom. The lowest BCUT2D eigenvalue weighted by atomic mass is 10.1. The summed E-state index contributed by atoms with van der Waals surface area (Å²) < 4.78 is 6.51. The molecule has 0 radical (unpaired) electrons. The molecule has 1 saturated heterocycles. The van der Waals surface area contributed by atoms with Crippen molar-refractivity contribution in [3.8, 4) is 0 Å². The molecule has 2 rings (SSSR count). The van der Waals surface area contributed by atoms with Gasteiger partial charge < -0.3 is 10.1 Å². The first kappa shape index (κ1) is 14.5. The largest absolute Gasteiger partial charge is 0.378 e. The minimum atomic E-state index is -0.194. The third kappa shape index (κ3) is 3.78. The molecule has 1 aliphatic heterocycles. The Kier molecular flexibility index (Phi) is 5.36. The molecule has 1 heterocycles. The predicted molar refractivity (Wildman–Crippen MR) is 77.8 cm³/mol. The average molecular weight is 327 g/mol. The van der Waals surface area contributed by atoms with E-state index in [1.165, 1.54) is 5.56 Å². The molecule has 0 saturated carbocycles. The molecule has 0 bridgehead atoms. The van der Waals surface area contributed by atoms with Crippen LogP contribution in [0.5, 0.6) is 0 Å². The topological polar surface area (TPSA) is 41.6 Å². The first-order valence-corrected chi connectivity index (χ1v) is 7.34. The van der Waals surface area contributed by atoms with Gasteiger partial charge in [0, 0.05) is 24.1 Å². The fourth-order valence-corrected chi connectivity index (χ4v) is 2.62. The number of morpholine rings is 1. The highest BCUT2D eigenvalue weighted by Crippen LogP contribution is 2.20. The lowest BCUT2D eigenvalue weighted by Gasteiger charge is -2.34. The van der Waals surface area contributed by atoms with E-state index in [1.54, 1.807) is 0 Å². The number of hydrogen-bond acceptors (Lipinski definition) is 3. The average Bonchev–Trinajstić information content (AvgIpc) is 2.42. The van der Waals surface area contributed by atoms with Gasteiger partial charge in [-0.2, -0.15) is 0 Å². The Labute approximate surface area is 122 Å². The van der Waals surface area contributed by atoms with Crippen LogP contribution >= 0.6 is 15.9 Å². The van der Waals surface area contributed by atoms with Gasteiger partial charge in [0.25, 0.3) is 0 Å². The molecule has 1 aromatic carbocycles. The molecule has 1 fully saturated rings. The van der Waals surface area contributed by atoms with Crippen LogP contribution in [0.2, 0.25) is 0 Å². The second kappa shape index (κ2) is 7.03. The Hall–Kier alpha value is -0.910. The van der Waals surface area contributed by atoms with Crippen LogP contribution in [-0.2, 0) is 16.1 Å². The molecule has 4 nitrogen and oxygen atoms in total. The Morgan fingerprint density at radius 1 is 1.53 bits per heavy atom. The number of hydrogen-bond donors (Lipinski definition) is 1. The lowest BCUT2D eigenvalue weighted by Crippen LogP contribution is -2.53. The van der Waals surface area contributed by atoms with Crippen molar-refractivity contribution in [2.45, 2.75) is 19.5 Å². The van der Waals surface area contributed by atoms with Gasteiger partial charge in [0.1, 0.15) is 6.04 Å². The Morgan fingerprint density at radius 2 is 2.32 bits per heavy atom. The first-order chi connectivity index (χ1) is 9.22. The quantitative estimate of drug-likeness (QED) is 0.917. The number of carbonyl (C=O) groups is 1. The van der Waals surface area contributed by atoms with Crippen molar-refractivity contribution in [1.82, 2.24) is 10.2 Å². The summed E-state index contributed by atoms with van der Waals surface area (Å²) >= 11 is 3.55. The summed E-state index contributed by atoms with van der Waals surface area (Å²) in [4.78, 5) is 14.2. The second-order valence-corrected chi connectivity index (χ2v) is 5.40. The molecular formula is C14H19BrN2O2. The summed E-state index contributed by atoms with van der Waals surface area (Å²) in [5.74, 6) is 0.0502. The van der Waals surface area contributed by atoms with Gasteiger partial charge in [-0.25, -0.2) is 0 Å². The molecule has 0 spiro atoms. The maximum atomic E-state index is 12.0. The monoisotopic (exact) mass is 326 g/mol. The van der Waals surface area contributed by atoms with Crippen LogP contribution in [0.1, 0.15) is 12.5 Å². The molecule has 104 valence electrons. The SMILES string of the molecule is CCNC(=O)C1COCCN1Cc1ccccc1Br. The van der Waals surface area contributed by atoms with E-state index in [0.29, 0.717) is 19.8 Å². The zero-order valence-corrected chi connectivity index (χ0v) is 12.6. The van der Waals surface area contributed by atoms with Crippen LogP contribution in [0, 0.1) is 0 Å². The van der Waals surface area contributed by atoms with Crippen molar-refractivity contribution in [3.63, 3.8) is 0 Å². The number of amides is 1. The van der Waals surface area contributed by atoms with Gasteiger partial charge in [0.05, 0.1) is 13.2 Å². The minimum absolute atomic E-state index is 0.0502. The van der Waals surface area contributed by atoms with Crippen molar-refractivity contribution < 1.29 is 9.53 Å². The van der Waals surface area contributed by atoms with Crippen molar-refractivity contribution in [3.05, 3.63) is 34.3 Å². The minimum Gasteiger partial charge on any atom is -0.378 e. The summed E-state index contributed by atoms with van der Waals surface area (Å²) in [5.41, 5.74) is 1.19. The van der Waals surface area contributed by atoms with Crippen LogP contribution in [0.15, 0.2) is 28.7 Å². The highest BCUT2D eigenvalue weighted by atomic mass is 79.9. The number of nitrogens with one attached hydrogen (secondary N) is 1. The molecule has 1 unspecified atom stereocenters. The molecule has 0 aliphatic carbocycles. The lowest BCUT2D eigenvalue weighted by molar-refractivity contribution is -0.132. The van der Waals surface area contributed by atoms with Crippen LogP contribution < -0.4 is 5.32 Å². The zero-order chi connectivity index (χ0) is 13.7. The Balaban J connectivity index is 2.07. The second-order valence-electron chi connectivity index (χ2n) is 4.55. The summed E-state index contributed by atoms with van der Waals surface area (Å²) in [6.07, 6.45) is 0. The number of carbonyl (C=O) groups excluding carboxylic acids is 1. The number of ether oxygens (including phenoxy) is 1. The van der Waals surface area contributed by atoms with Crippen molar-refractivity contribution >= 4 is 21.8 Å². The maximum absolute atomic E-state index is 12.0. The molecule has 1 aliphatic rings. The van der Waals surface area contributed by atoms with Crippen molar-refractivity contribution in [1.29, 1.82) is 0 Å². The maximum Gasteiger partial charge on any atom is 0.239 e. The van der Waals surface area contributed by atoms with Gasteiger partial charge in [-0.05, 0) is 18.6 Å². The fourth-order valence-electron chi connectivity index (χ4n) is 2.21. The molecule has 19 heavy (non-hydrogen) atoms. The van der Waals surface area contributed by atoms with E-state index in [2.05, 4.69) is 32.2 Å². The molecule has 1 amide bonds. The molecular weight excluding hydrogens is 308 g/mol. The van der Waals surface area contributed by atoms with Gasteiger partial charge in [0.2, 0.25) is 5.91 Å². The van der Waals surface area contributed by atoms with Crippen LogP contribution in [0.4, 0.5) is 0 Å². The van der Waals surface area contributed by atoms with E-state index < -0.39 is 0 Å². The third-order valence-corrected chi connectivity index (χ3v) is 4.00. The molecule has 1 N–H and O–H groups in total. The number of halogens is 1. The summed E-state index contributed by atoms with van der Waals surface area (Å²) in [6, 6.07) is 7.92. The molecule has 1 aromatic rings. The highest BCUT2D eigenvalue weighted by Gasteiger charge is 2.29. The first-order valence-electron chi connectivity index (χ1n) is 6.55. The molecule has 5 heteroatoms. The van der Waals surface area contributed by atoms with E-state index in [4.69, 9.17) is 4.74 Å². The highest BCUT2D eigenvalue weighted by molar-refractivity contribution is 9.10. The van der Waals surface area contributed by atoms with Gasteiger partial charge in [-0.15, -0.1) is 0 Å². The van der Waals surface area contributed by atoms with Gasteiger partial charge in [-0.3, -0.25) is 9.69 Å². The van der Waals surface area contributed by atoms with Crippen molar-refractivity contribution in [2.24, 2.45) is 0 Å². The van der Waals surface area contributed by atoms with Gasteiger partial charge in [-0.1, -0.05) is 34.1 Å². The van der Waals surface area contributed by atoms with E-state index in [-0.39, 0.29) is 11.9 Å². The Bertz CT molecular complexity index is 439. The van der Waals surface area contributed by atoms with E-state index in [0.717, 1.165) is 17.6 Å². The van der Waals surface area contributed by atoms with E-state index in [1.807, 2.05) is 25.1 Å². The molecule has 0 aromatic heterocycles.